The van der Waals surface area contributed by atoms with Gasteiger partial charge in [0.25, 0.3) is 0 Å². The summed E-state index contributed by atoms with van der Waals surface area (Å²) in [6, 6.07) is 4.45. The Bertz CT molecular complexity index is 1290. The number of pyridine rings is 1. The minimum Gasteiger partial charge on any atom is -0.378 e. The Balaban J connectivity index is 1.65. The molecule has 0 aliphatic carbocycles. The molecule has 1 aliphatic rings. The number of rotatable bonds is 3. The van der Waals surface area contributed by atoms with Crippen molar-refractivity contribution in [1.29, 1.82) is 0 Å². The quantitative estimate of drug-likeness (QED) is 0.421. The number of ether oxygens (including phenoxy) is 1. The molecule has 6 nitrogen and oxygen atoms in total. The fraction of sp³-hybridized carbons (Fsp3) is 0.364. The molecule has 0 N–H and O–H groups in total. The van der Waals surface area contributed by atoms with E-state index in [2.05, 4.69) is 19.5 Å². The largest absolute Gasteiger partial charge is 0.434 e. The highest BCUT2D eigenvalue weighted by Gasteiger charge is 2.33. The molecule has 4 aromatic rings. The highest BCUT2D eigenvalue weighted by Crippen LogP contribution is 2.34. The van der Waals surface area contributed by atoms with Crippen LogP contribution in [0.15, 0.2) is 36.8 Å². The number of halogens is 4. The number of benzene rings is 1. The summed E-state index contributed by atoms with van der Waals surface area (Å²) in [5.41, 5.74) is 1.30. The van der Waals surface area contributed by atoms with Crippen LogP contribution in [0.2, 0.25) is 0 Å². The van der Waals surface area contributed by atoms with E-state index in [1.165, 1.54) is 12.1 Å². The van der Waals surface area contributed by atoms with Crippen LogP contribution < -0.4 is 0 Å². The zero-order chi connectivity index (χ0) is 22.5. The monoisotopic (exact) mass is 445 g/mol. The van der Waals surface area contributed by atoms with Crippen molar-refractivity contribution in [2.45, 2.75) is 44.5 Å². The van der Waals surface area contributed by atoms with Gasteiger partial charge in [-0.1, -0.05) is 0 Å². The average Bonchev–Trinajstić information content (AvgIpc) is 3.12. The standard InChI is InChI=1S/C22H19F4N5O/c1-12-6-15(4-5-32-12)31-20(8-14-9-29-19(11-27-14)22(24,25)26)30-18-10-28-17-3-2-13(23)7-16(17)21(18)31/h2-3,7,9-12,15H,4-6,8H2,1H3/t12-,15-/m1/s1. The lowest BCUT2D eigenvalue weighted by molar-refractivity contribution is -0.141. The molecule has 4 heterocycles. The van der Waals surface area contributed by atoms with Crippen molar-refractivity contribution in [2.75, 3.05) is 6.61 Å². The third-order valence-corrected chi connectivity index (χ3v) is 5.71. The number of fused-ring (bicyclic) bond motifs is 3. The summed E-state index contributed by atoms with van der Waals surface area (Å²) >= 11 is 0. The topological polar surface area (TPSA) is 65.7 Å². The van der Waals surface area contributed by atoms with Crippen molar-refractivity contribution in [3.8, 4) is 0 Å². The van der Waals surface area contributed by atoms with Crippen LogP contribution in [0.5, 0.6) is 0 Å². The van der Waals surface area contributed by atoms with Gasteiger partial charge in [0.15, 0.2) is 5.69 Å². The molecule has 0 radical (unpaired) electrons. The van der Waals surface area contributed by atoms with Crippen molar-refractivity contribution >= 4 is 21.9 Å². The third-order valence-electron chi connectivity index (χ3n) is 5.71. The minimum atomic E-state index is -4.55. The van der Waals surface area contributed by atoms with Gasteiger partial charge in [0.2, 0.25) is 0 Å². The molecule has 0 bridgehead atoms. The first-order chi connectivity index (χ1) is 15.3. The minimum absolute atomic E-state index is 0.0368. The molecule has 5 rings (SSSR count). The maximum atomic E-state index is 14.1. The highest BCUT2D eigenvalue weighted by atomic mass is 19.4. The molecule has 0 saturated carbocycles. The second-order valence-corrected chi connectivity index (χ2v) is 7.98. The number of hydrogen-bond donors (Lipinski definition) is 0. The second-order valence-electron chi connectivity index (χ2n) is 7.98. The second kappa shape index (κ2) is 7.77. The van der Waals surface area contributed by atoms with Gasteiger partial charge in [0, 0.05) is 30.7 Å². The maximum Gasteiger partial charge on any atom is 0.434 e. The Hall–Kier alpha value is -3.14. The molecule has 10 heteroatoms. The molecule has 32 heavy (non-hydrogen) atoms. The van der Waals surface area contributed by atoms with Crippen molar-refractivity contribution in [1.82, 2.24) is 24.5 Å². The van der Waals surface area contributed by atoms with E-state index in [-0.39, 0.29) is 24.4 Å². The first kappa shape index (κ1) is 20.7. The molecule has 1 aliphatic heterocycles. The van der Waals surface area contributed by atoms with E-state index in [4.69, 9.17) is 9.72 Å². The summed E-state index contributed by atoms with van der Waals surface area (Å²) in [6.07, 6.45) is 0.622. The normalized spacial score (nSPS) is 19.7. The number of nitrogens with zero attached hydrogens (tertiary/aromatic N) is 5. The Morgan fingerprint density at radius 2 is 1.94 bits per heavy atom. The van der Waals surface area contributed by atoms with Crippen LogP contribution in [0.1, 0.15) is 43.0 Å². The van der Waals surface area contributed by atoms with E-state index >= 15 is 0 Å². The SMILES string of the molecule is C[C@@H]1C[C@H](n2c(Cc3cnc(C(F)(F)F)cn3)nc3cnc4ccc(F)cc4c32)CCO1. The molecule has 3 aromatic heterocycles. The van der Waals surface area contributed by atoms with Crippen LogP contribution in [0.25, 0.3) is 21.9 Å². The van der Waals surface area contributed by atoms with Crippen molar-refractivity contribution in [3.63, 3.8) is 0 Å². The van der Waals surface area contributed by atoms with Gasteiger partial charge in [-0.25, -0.2) is 14.4 Å². The molecule has 166 valence electrons. The third kappa shape index (κ3) is 3.79. The molecular formula is C22H19F4N5O. The molecule has 0 unspecified atom stereocenters. The van der Waals surface area contributed by atoms with Crippen LogP contribution in [0.3, 0.4) is 0 Å². The van der Waals surface area contributed by atoms with Gasteiger partial charge in [-0.2, -0.15) is 13.2 Å². The van der Waals surface area contributed by atoms with Crippen molar-refractivity contribution in [2.24, 2.45) is 0 Å². The van der Waals surface area contributed by atoms with E-state index in [1.54, 1.807) is 12.3 Å². The van der Waals surface area contributed by atoms with E-state index in [0.29, 0.717) is 34.5 Å². The summed E-state index contributed by atoms with van der Waals surface area (Å²) in [5.74, 6) is 0.238. The number of alkyl halides is 3. The van der Waals surface area contributed by atoms with Crippen LogP contribution in [0.4, 0.5) is 17.6 Å². The van der Waals surface area contributed by atoms with Crippen LogP contribution in [-0.4, -0.2) is 37.2 Å². The molecule has 2 atom stereocenters. The molecule has 1 saturated heterocycles. The predicted molar refractivity (Wildman–Crippen MR) is 109 cm³/mol. The lowest BCUT2D eigenvalue weighted by Gasteiger charge is -2.30. The van der Waals surface area contributed by atoms with E-state index in [0.717, 1.165) is 30.8 Å². The lowest BCUT2D eigenvalue weighted by atomic mass is 10.0. The van der Waals surface area contributed by atoms with Gasteiger partial charge in [-0.05, 0) is 38.0 Å². The Morgan fingerprint density at radius 1 is 1.09 bits per heavy atom. The summed E-state index contributed by atoms with van der Waals surface area (Å²) < 4.78 is 60.4. The van der Waals surface area contributed by atoms with Crippen molar-refractivity contribution < 1.29 is 22.3 Å². The maximum absolute atomic E-state index is 14.1. The number of hydrogen-bond acceptors (Lipinski definition) is 5. The van der Waals surface area contributed by atoms with E-state index in [1.807, 2.05) is 6.92 Å². The van der Waals surface area contributed by atoms with Crippen LogP contribution in [-0.2, 0) is 17.3 Å². The van der Waals surface area contributed by atoms with Gasteiger partial charge in [-0.15, -0.1) is 0 Å². The molecule has 1 aromatic carbocycles. The first-order valence-electron chi connectivity index (χ1n) is 10.2. The summed E-state index contributed by atoms with van der Waals surface area (Å²) in [4.78, 5) is 16.6. The number of imidazole rings is 1. The fourth-order valence-electron chi connectivity index (χ4n) is 4.28. The van der Waals surface area contributed by atoms with Gasteiger partial charge in [0.1, 0.15) is 17.2 Å². The van der Waals surface area contributed by atoms with E-state index < -0.39 is 11.9 Å². The number of aromatic nitrogens is 5. The summed E-state index contributed by atoms with van der Waals surface area (Å²) in [7, 11) is 0. The zero-order valence-corrected chi connectivity index (χ0v) is 17.1. The smallest absolute Gasteiger partial charge is 0.378 e. The van der Waals surface area contributed by atoms with Gasteiger partial charge in [-0.3, -0.25) is 9.97 Å². The molecule has 0 amide bonds. The Kier molecular flexibility index (Phi) is 5.04. The molecule has 1 fully saturated rings. The summed E-state index contributed by atoms with van der Waals surface area (Å²) in [6.45, 7) is 2.56. The van der Waals surface area contributed by atoms with Gasteiger partial charge >= 0.3 is 6.18 Å². The first-order valence-corrected chi connectivity index (χ1v) is 10.2. The zero-order valence-electron chi connectivity index (χ0n) is 17.1. The van der Waals surface area contributed by atoms with Crippen LogP contribution in [0, 0.1) is 5.82 Å². The average molecular weight is 445 g/mol. The Morgan fingerprint density at radius 3 is 2.66 bits per heavy atom. The van der Waals surface area contributed by atoms with Gasteiger partial charge < -0.3 is 9.30 Å². The van der Waals surface area contributed by atoms with Crippen molar-refractivity contribution in [3.05, 3.63) is 59.8 Å². The highest BCUT2D eigenvalue weighted by molar-refractivity contribution is 6.02. The predicted octanol–water partition coefficient (Wildman–Crippen LogP) is 4.86. The molecule has 0 spiro atoms. The summed E-state index contributed by atoms with van der Waals surface area (Å²) in [5, 5.41) is 0.638. The fourth-order valence-corrected chi connectivity index (χ4v) is 4.28. The van der Waals surface area contributed by atoms with E-state index in [9.17, 15) is 17.6 Å². The lowest BCUT2D eigenvalue weighted by Crippen LogP contribution is -2.26. The Labute approximate surface area is 180 Å². The molecular weight excluding hydrogens is 426 g/mol. The van der Waals surface area contributed by atoms with Gasteiger partial charge in [0.05, 0.1) is 35.2 Å². The van der Waals surface area contributed by atoms with Crippen LogP contribution >= 0.6 is 0 Å².